The number of carbonyl (C=O) groups is 3. The molecule has 1 amide bonds. The summed E-state index contributed by atoms with van der Waals surface area (Å²) in [6.07, 6.45) is 11.3. The van der Waals surface area contributed by atoms with Crippen molar-refractivity contribution >= 4 is 17.8 Å². The van der Waals surface area contributed by atoms with E-state index >= 15 is 0 Å². The first-order valence-electron chi connectivity index (χ1n) is 9.49. The number of methoxy groups -OCH3 is 2. The second-order valence-electron chi connectivity index (χ2n) is 6.34. The summed E-state index contributed by atoms with van der Waals surface area (Å²) in [6, 6.07) is -0.796. The molecule has 0 aliphatic rings. The van der Waals surface area contributed by atoms with E-state index in [2.05, 4.69) is 21.7 Å². The van der Waals surface area contributed by atoms with Gasteiger partial charge in [-0.15, -0.1) is 0 Å². The van der Waals surface area contributed by atoms with Gasteiger partial charge in [0.2, 0.25) is 5.91 Å². The maximum Gasteiger partial charge on any atom is 0.328 e. The topological polar surface area (TPSA) is 81.7 Å². The van der Waals surface area contributed by atoms with Crippen molar-refractivity contribution in [1.82, 2.24) is 5.32 Å². The summed E-state index contributed by atoms with van der Waals surface area (Å²) in [5, 5.41) is 2.65. The van der Waals surface area contributed by atoms with E-state index in [4.69, 9.17) is 0 Å². The molecule has 0 aliphatic carbocycles. The normalized spacial score (nSPS) is 11.6. The molecule has 25 heavy (non-hydrogen) atoms. The van der Waals surface area contributed by atoms with E-state index in [-0.39, 0.29) is 18.7 Å². The van der Waals surface area contributed by atoms with E-state index in [1.54, 1.807) is 0 Å². The molecule has 146 valence electrons. The van der Waals surface area contributed by atoms with Crippen molar-refractivity contribution < 1.29 is 23.9 Å². The lowest BCUT2D eigenvalue weighted by Gasteiger charge is -2.16. The maximum absolute atomic E-state index is 12.0. The highest BCUT2D eigenvalue weighted by atomic mass is 16.5. The summed E-state index contributed by atoms with van der Waals surface area (Å²) in [4.78, 5) is 34.8. The van der Waals surface area contributed by atoms with Crippen LogP contribution >= 0.6 is 0 Å². The minimum atomic E-state index is -0.796. The summed E-state index contributed by atoms with van der Waals surface area (Å²) in [7, 11) is 2.55. The Morgan fingerprint density at radius 2 is 1.36 bits per heavy atom. The summed E-state index contributed by atoms with van der Waals surface area (Å²) in [6.45, 7) is 2.21. The first kappa shape index (κ1) is 23.4. The summed E-state index contributed by atoms with van der Waals surface area (Å²) < 4.78 is 9.22. The fraction of sp³-hybridized carbons (Fsp3) is 0.842. The van der Waals surface area contributed by atoms with Gasteiger partial charge in [0, 0.05) is 12.8 Å². The molecule has 1 unspecified atom stereocenters. The minimum absolute atomic E-state index is 0.0641. The van der Waals surface area contributed by atoms with Gasteiger partial charge in [-0.05, 0) is 12.8 Å². The lowest BCUT2D eigenvalue weighted by molar-refractivity contribution is -0.146. The molecule has 6 nitrogen and oxygen atoms in total. The zero-order chi connectivity index (χ0) is 18.9. The Hall–Kier alpha value is -1.59. The van der Waals surface area contributed by atoms with E-state index in [0.717, 1.165) is 19.3 Å². The van der Waals surface area contributed by atoms with Gasteiger partial charge in [-0.25, -0.2) is 4.79 Å². The van der Waals surface area contributed by atoms with Gasteiger partial charge in [0.1, 0.15) is 6.04 Å². The van der Waals surface area contributed by atoms with Gasteiger partial charge < -0.3 is 14.8 Å². The Kier molecular flexibility index (Phi) is 14.9. The Bertz CT molecular complexity index is 384. The molecule has 0 saturated carbocycles. The largest absolute Gasteiger partial charge is 0.469 e. The van der Waals surface area contributed by atoms with Crippen LogP contribution in [0.4, 0.5) is 0 Å². The number of hydrogen-bond donors (Lipinski definition) is 1. The van der Waals surface area contributed by atoms with Crippen molar-refractivity contribution in [2.45, 2.75) is 90.0 Å². The molecule has 0 rings (SSSR count). The third-order valence-electron chi connectivity index (χ3n) is 4.19. The van der Waals surface area contributed by atoms with E-state index in [0.29, 0.717) is 6.42 Å². The third-order valence-corrected chi connectivity index (χ3v) is 4.19. The van der Waals surface area contributed by atoms with Crippen molar-refractivity contribution in [3.05, 3.63) is 0 Å². The van der Waals surface area contributed by atoms with Crippen LogP contribution in [0.1, 0.15) is 84.0 Å². The Morgan fingerprint density at radius 3 is 1.88 bits per heavy atom. The van der Waals surface area contributed by atoms with E-state index in [1.807, 2.05) is 0 Å². The number of ether oxygens (including phenoxy) is 2. The average Bonchev–Trinajstić information content (AvgIpc) is 2.62. The molecular weight excluding hydrogens is 322 g/mol. The number of rotatable bonds is 15. The quantitative estimate of drug-likeness (QED) is 0.358. The number of amides is 1. The smallest absolute Gasteiger partial charge is 0.328 e. The van der Waals surface area contributed by atoms with E-state index < -0.39 is 18.0 Å². The molecule has 1 atom stereocenters. The average molecular weight is 357 g/mol. The van der Waals surface area contributed by atoms with Gasteiger partial charge in [-0.3, -0.25) is 9.59 Å². The Balaban J connectivity index is 3.87. The number of carbonyl (C=O) groups excluding carboxylic acids is 3. The molecule has 1 N–H and O–H groups in total. The lowest BCUT2D eigenvalue weighted by atomic mass is 10.1. The first-order chi connectivity index (χ1) is 12.0. The van der Waals surface area contributed by atoms with Crippen LogP contribution < -0.4 is 5.32 Å². The van der Waals surface area contributed by atoms with Crippen molar-refractivity contribution in [3.8, 4) is 0 Å². The number of unbranched alkanes of at least 4 members (excludes halogenated alkanes) is 8. The van der Waals surface area contributed by atoms with E-state index in [9.17, 15) is 14.4 Å². The fourth-order valence-electron chi connectivity index (χ4n) is 2.62. The molecule has 0 aliphatic heterocycles. The van der Waals surface area contributed by atoms with Crippen LogP contribution in [0, 0.1) is 0 Å². The van der Waals surface area contributed by atoms with Crippen molar-refractivity contribution in [1.29, 1.82) is 0 Å². The highest BCUT2D eigenvalue weighted by Crippen LogP contribution is 2.10. The SMILES string of the molecule is CCCCCCCCCCCC(=O)NC(CCC(=O)OC)C(=O)OC. The summed E-state index contributed by atoms with van der Waals surface area (Å²) >= 11 is 0. The van der Waals surface area contributed by atoms with Gasteiger partial charge >= 0.3 is 11.9 Å². The predicted molar refractivity (Wildman–Crippen MR) is 97.0 cm³/mol. The molecule has 0 bridgehead atoms. The van der Waals surface area contributed by atoms with Crippen LogP contribution in [-0.4, -0.2) is 38.1 Å². The highest BCUT2D eigenvalue weighted by Gasteiger charge is 2.22. The van der Waals surface area contributed by atoms with Crippen LogP contribution in [0.2, 0.25) is 0 Å². The molecule has 0 saturated heterocycles. The monoisotopic (exact) mass is 357 g/mol. The molecular formula is C19H35NO5. The second-order valence-corrected chi connectivity index (χ2v) is 6.34. The zero-order valence-electron chi connectivity index (χ0n) is 16.1. The van der Waals surface area contributed by atoms with Gasteiger partial charge in [0.15, 0.2) is 0 Å². The summed E-state index contributed by atoms with van der Waals surface area (Å²) in [5.74, 6) is -1.13. The van der Waals surface area contributed by atoms with Gasteiger partial charge in [0.05, 0.1) is 14.2 Å². The maximum atomic E-state index is 12.0. The fourth-order valence-corrected chi connectivity index (χ4v) is 2.62. The van der Waals surface area contributed by atoms with Gasteiger partial charge in [-0.2, -0.15) is 0 Å². The van der Waals surface area contributed by atoms with Crippen LogP contribution in [0.5, 0.6) is 0 Å². The van der Waals surface area contributed by atoms with Crippen molar-refractivity contribution in [2.75, 3.05) is 14.2 Å². The zero-order valence-corrected chi connectivity index (χ0v) is 16.1. The summed E-state index contributed by atoms with van der Waals surface area (Å²) in [5.41, 5.74) is 0. The Labute approximate surface area is 152 Å². The number of hydrogen-bond acceptors (Lipinski definition) is 5. The predicted octanol–water partition coefficient (Wildman–Crippen LogP) is 3.52. The molecule has 0 aromatic rings. The van der Waals surface area contributed by atoms with E-state index in [1.165, 1.54) is 52.7 Å². The highest BCUT2D eigenvalue weighted by molar-refractivity contribution is 5.84. The molecule has 0 fully saturated rings. The first-order valence-corrected chi connectivity index (χ1v) is 9.49. The molecule has 0 aromatic heterocycles. The van der Waals surface area contributed by atoms with Crippen molar-refractivity contribution in [2.24, 2.45) is 0 Å². The van der Waals surface area contributed by atoms with Crippen molar-refractivity contribution in [3.63, 3.8) is 0 Å². The van der Waals surface area contributed by atoms with Crippen LogP contribution in [-0.2, 0) is 23.9 Å². The molecule has 0 aromatic carbocycles. The molecule has 0 radical (unpaired) electrons. The molecule has 6 heteroatoms. The molecule has 0 spiro atoms. The second kappa shape index (κ2) is 15.9. The van der Waals surface area contributed by atoms with Gasteiger partial charge in [0.25, 0.3) is 0 Å². The Morgan fingerprint density at radius 1 is 0.800 bits per heavy atom. The number of nitrogens with one attached hydrogen (secondary N) is 1. The molecule has 0 heterocycles. The minimum Gasteiger partial charge on any atom is -0.469 e. The van der Waals surface area contributed by atoms with Crippen LogP contribution in [0.25, 0.3) is 0 Å². The lowest BCUT2D eigenvalue weighted by Crippen LogP contribution is -2.41. The van der Waals surface area contributed by atoms with Crippen LogP contribution in [0.3, 0.4) is 0 Å². The third kappa shape index (κ3) is 13.4. The van der Waals surface area contributed by atoms with Crippen LogP contribution in [0.15, 0.2) is 0 Å². The standard InChI is InChI=1S/C19H35NO5/c1-4-5-6-7-8-9-10-11-12-13-17(21)20-16(19(23)25-3)14-15-18(22)24-2/h16H,4-15H2,1-3H3,(H,20,21). The van der Waals surface area contributed by atoms with Gasteiger partial charge in [-0.1, -0.05) is 58.3 Å². The number of esters is 2.